The highest BCUT2D eigenvalue weighted by molar-refractivity contribution is 7.89. The summed E-state index contributed by atoms with van der Waals surface area (Å²) in [5.74, 6) is 0.435. The number of aromatic nitrogens is 2. The van der Waals surface area contributed by atoms with E-state index in [4.69, 9.17) is 11.6 Å². The van der Waals surface area contributed by atoms with Gasteiger partial charge in [-0.3, -0.25) is 0 Å². The van der Waals surface area contributed by atoms with Crippen LogP contribution in [0.3, 0.4) is 0 Å². The minimum atomic E-state index is -3.45. The Morgan fingerprint density at radius 2 is 2.36 bits per heavy atom. The quantitative estimate of drug-likeness (QED) is 0.593. The highest BCUT2D eigenvalue weighted by atomic mass is 35.5. The van der Waals surface area contributed by atoms with Crippen LogP contribution in [0.5, 0.6) is 0 Å². The van der Waals surface area contributed by atoms with E-state index in [0.29, 0.717) is 18.8 Å². The maximum atomic E-state index is 11.5. The standard InChI is InChI=1S/C7H12ClN3O2S/c1-11-5-7(9-6-11)14(12,13)10-4-2-3-8/h5-6,10H,2-4H2,1H3. The van der Waals surface area contributed by atoms with Gasteiger partial charge in [-0.2, -0.15) is 0 Å². The number of halogens is 1. The Morgan fingerprint density at radius 3 is 2.86 bits per heavy atom. The fourth-order valence-corrected chi connectivity index (χ4v) is 2.06. The number of hydrogen-bond acceptors (Lipinski definition) is 3. The zero-order chi connectivity index (χ0) is 10.6. The monoisotopic (exact) mass is 237 g/mol. The molecule has 0 saturated carbocycles. The molecule has 0 aliphatic heterocycles. The summed E-state index contributed by atoms with van der Waals surface area (Å²) in [6.45, 7) is 0.336. The molecule has 1 N–H and O–H groups in total. The van der Waals surface area contributed by atoms with Crippen LogP contribution in [0.4, 0.5) is 0 Å². The van der Waals surface area contributed by atoms with Crippen molar-refractivity contribution in [1.29, 1.82) is 0 Å². The Labute approximate surface area is 88.1 Å². The summed E-state index contributed by atoms with van der Waals surface area (Å²) in [6.07, 6.45) is 3.49. The number of hydrogen-bond donors (Lipinski definition) is 1. The lowest BCUT2D eigenvalue weighted by Crippen LogP contribution is -2.25. The maximum absolute atomic E-state index is 11.5. The van der Waals surface area contributed by atoms with Gasteiger partial charge in [0.2, 0.25) is 0 Å². The number of rotatable bonds is 5. The van der Waals surface area contributed by atoms with Gasteiger partial charge in [-0.25, -0.2) is 18.1 Å². The molecular weight excluding hydrogens is 226 g/mol. The molecule has 5 nitrogen and oxygen atoms in total. The van der Waals surface area contributed by atoms with Gasteiger partial charge in [-0.05, 0) is 6.42 Å². The van der Waals surface area contributed by atoms with Crippen molar-refractivity contribution in [1.82, 2.24) is 14.3 Å². The number of alkyl halides is 1. The summed E-state index contributed by atoms with van der Waals surface area (Å²) in [6, 6.07) is 0. The van der Waals surface area contributed by atoms with E-state index in [2.05, 4.69) is 9.71 Å². The van der Waals surface area contributed by atoms with Gasteiger partial charge in [0, 0.05) is 25.7 Å². The zero-order valence-corrected chi connectivity index (χ0v) is 9.35. The van der Waals surface area contributed by atoms with Crippen molar-refractivity contribution in [2.75, 3.05) is 12.4 Å². The Balaban J connectivity index is 2.66. The Kier molecular flexibility index (Phi) is 3.91. The third-order valence-corrected chi connectivity index (χ3v) is 3.17. The van der Waals surface area contributed by atoms with E-state index >= 15 is 0 Å². The number of sulfonamides is 1. The highest BCUT2D eigenvalue weighted by Crippen LogP contribution is 2.03. The van der Waals surface area contributed by atoms with Crippen LogP contribution in [-0.4, -0.2) is 30.4 Å². The molecule has 1 aromatic heterocycles. The van der Waals surface area contributed by atoms with Crippen LogP contribution in [-0.2, 0) is 17.1 Å². The molecule has 0 bridgehead atoms. The third-order valence-electron chi connectivity index (χ3n) is 1.56. The van der Waals surface area contributed by atoms with E-state index in [-0.39, 0.29) is 5.03 Å². The topological polar surface area (TPSA) is 64.0 Å². The minimum absolute atomic E-state index is 0.0366. The van der Waals surface area contributed by atoms with Crippen molar-refractivity contribution >= 4 is 21.6 Å². The van der Waals surface area contributed by atoms with Gasteiger partial charge in [-0.15, -0.1) is 11.6 Å². The molecule has 80 valence electrons. The van der Waals surface area contributed by atoms with Gasteiger partial charge in [0.25, 0.3) is 10.0 Å². The molecule has 0 amide bonds. The van der Waals surface area contributed by atoms with Crippen LogP contribution < -0.4 is 4.72 Å². The van der Waals surface area contributed by atoms with Crippen LogP contribution in [0.1, 0.15) is 6.42 Å². The van der Waals surface area contributed by atoms with E-state index in [0.717, 1.165) is 0 Å². The van der Waals surface area contributed by atoms with Crippen molar-refractivity contribution in [2.45, 2.75) is 11.4 Å². The Bertz CT molecular complexity index is 387. The number of nitrogens with one attached hydrogen (secondary N) is 1. The van der Waals surface area contributed by atoms with E-state index in [1.807, 2.05) is 0 Å². The van der Waals surface area contributed by atoms with E-state index in [1.54, 1.807) is 11.6 Å². The molecule has 0 saturated heterocycles. The molecular formula is C7H12ClN3O2S. The Hall–Kier alpha value is -0.590. The second kappa shape index (κ2) is 4.77. The molecule has 1 heterocycles. The first-order chi connectivity index (χ1) is 6.56. The van der Waals surface area contributed by atoms with Crippen LogP contribution in [0.25, 0.3) is 0 Å². The average Bonchev–Trinajstić information content (AvgIpc) is 2.53. The zero-order valence-electron chi connectivity index (χ0n) is 7.77. The van der Waals surface area contributed by atoms with Gasteiger partial charge in [0.15, 0.2) is 5.03 Å². The van der Waals surface area contributed by atoms with Gasteiger partial charge < -0.3 is 4.57 Å². The first-order valence-electron chi connectivity index (χ1n) is 4.10. The van der Waals surface area contributed by atoms with Crippen LogP contribution >= 0.6 is 11.6 Å². The van der Waals surface area contributed by atoms with Crippen LogP contribution in [0.2, 0.25) is 0 Å². The fraction of sp³-hybridized carbons (Fsp3) is 0.571. The first kappa shape index (κ1) is 11.5. The van der Waals surface area contributed by atoms with Gasteiger partial charge in [-0.1, -0.05) is 0 Å². The van der Waals surface area contributed by atoms with Crippen molar-refractivity contribution in [3.8, 4) is 0 Å². The van der Waals surface area contributed by atoms with Crippen molar-refractivity contribution in [3.05, 3.63) is 12.5 Å². The lowest BCUT2D eigenvalue weighted by atomic mass is 10.5. The largest absolute Gasteiger partial charge is 0.339 e. The molecule has 1 rings (SSSR count). The maximum Gasteiger partial charge on any atom is 0.259 e. The van der Waals surface area contributed by atoms with Crippen LogP contribution in [0.15, 0.2) is 17.6 Å². The minimum Gasteiger partial charge on any atom is -0.339 e. The highest BCUT2D eigenvalue weighted by Gasteiger charge is 2.15. The van der Waals surface area contributed by atoms with Gasteiger partial charge in [0.05, 0.1) is 6.33 Å². The smallest absolute Gasteiger partial charge is 0.259 e. The van der Waals surface area contributed by atoms with Crippen molar-refractivity contribution in [2.24, 2.45) is 7.05 Å². The van der Waals surface area contributed by atoms with Gasteiger partial charge in [0.1, 0.15) is 0 Å². The van der Waals surface area contributed by atoms with Gasteiger partial charge >= 0.3 is 0 Å². The summed E-state index contributed by atoms with van der Waals surface area (Å²) in [7, 11) is -1.74. The van der Waals surface area contributed by atoms with E-state index in [1.165, 1.54) is 12.5 Å². The molecule has 0 radical (unpaired) electrons. The van der Waals surface area contributed by atoms with Crippen molar-refractivity contribution < 1.29 is 8.42 Å². The molecule has 0 spiro atoms. The average molecular weight is 238 g/mol. The molecule has 14 heavy (non-hydrogen) atoms. The summed E-state index contributed by atoms with van der Waals surface area (Å²) < 4.78 is 27.0. The number of nitrogens with zero attached hydrogens (tertiary/aromatic N) is 2. The first-order valence-corrected chi connectivity index (χ1v) is 6.11. The molecule has 0 unspecified atom stereocenters. The van der Waals surface area contributed by atoms with Crippen molar-refractivity contribution in [3.63, 3.8) is 0 Å². The predicted octanol–water partition coefficient (Wildman–Crippen LogP) is 0.327. The fourth-order valence-electron chi connectivity index (χ4n) is 0.875. The summed E-state index contributed by atoms with van der Waals surface area (Å²) in [5, 5.41) is 0.0366. The molecule has 0 fully saturated rings. The molecule has 0 aliphatic rings. The predicted molar refractivity (Wildman–Crippen MR) is 53.7 cm³/mol. The SMILES string of the molecule is Cn1cnc(S(=O)(=O)NCCCCl)c1. The molecule has 7 heteroatoms. The molecule has 0 aromatic carbocycles. The lowest BCUT2D eigenvalue weighted by Gasteiger charge is -2.01. The molecule has 1 aromatic rings. The third kappa shape index (κ3) is 2.97. The van der Waals surface area contributed by atoms with E-state index in [9.17, 15) is 8.42 Å². The normalized spacial score (nSPS) is 11.9. The number of imidazole rings is 1. The van der Waals surface area contributed by atoms with Crippen LogP contribution in [0, 0.1) is 0 Å². The summed E-state index contributed by atoms with van der Waals surface area (Å²) >= 11 is 5.43. The lowest BCUT2D eigenvalue weighted by molar-refractivity contribution is 0.577. The second-order valence-electron chi connectivity index (χ2n) is 2.82. The molecule has 0 atom stereocenters. The summed E-state index contributed by atoms with van der Waals surface area (Å²) in [5.41, 5.74) is 0. The number of aryl methyl sites for hydroxylation is 1. The summed E-state index contributed by atoms with van der Waals surface area (Å²) in [4.78, 5) is 3.75. The Morgan fingerprint density at radius 1 is 1.64 bits per heavy atom. The van der Waals surface area contributed by atoms with E-state index < -0.39 is 10.0 Å². The molecule has 0 aliphatic carbocycles. The second-order valence-corrected chi connectivity index (χ2v) is 4.91.